The molecule has 1 aliphatic heterocycles. The van der Waals surface area contributed by atoms with Crippen LogP contribution >= 0.6 is 0 Å². The number of nitriles is 1. The molecule has 0 unspecified atom stereocenters. The highest BCUT2D eigenvalue weighted by molar-refractivity contribution is 6.04. The van der Waals surface area contributed by atoms with Crippen molar-refractivity contribution in [3.63, 3.8) is 0 Å². The molecule has 0 saturated carbocycles. The highest BCUT2D eigenvalue weighted by Crippen LogP contribution is 2.40. The number of hydrogen-bond donors (Lipinski definition) is 0. The van der Waals surface area contributed by atoms with Gasteiger partial charge in [0.25, 0.3) is 5.69 Å². The zero-order chi connectivity index (χ0) is 21.1. The molecule has 0 aromatic heterocycles. The van der Waals surface area contributed by atoms with Gasteiger partial charge in [0.2, 0.25) is 5.78 Å². The fraction of sp³-hybridized carbons (Fsp3) is 0.150. The number of nitrogens with zero attached hydrogens (tertiary/aromatic N) is 4. The summed E-state index contributed by atoms with van der Waals surface area (Å²) in [5, 5.41) is 20.4. The Morgan fingerprint density at radius 3 is 2.28 bits per heavy atom. The van der Waals surface area contributed by atoms with Crippen molar-refractivity contribution in [2.24, 2.45) is 0 Å². The molecule has 0 radical (unpaired) electrons. The summed E-state index contributed by atoms with van der Waals surface area (Å²) in [6, 6.07) is 14.3. The van der Waals surface area contributed by atoms with Crippen LogP contribution in [0.4, 0.5) is 17.1 Å². The highest BCUT2D eigenvalue weighted by Gasteiger charge is 2.31. The molecule has 1 heterocycles. The molecule has 3 rings (SSSR count). The van der Waals surface area contributed by atoms with Crippen molar-refractivity contribution in [2.45, 2.75) is 0 Å². The van der Waals surface area contributed by atoms with Crippen LogP contribution in [0.2, 0.25) is 0 Å². The second-order valence-corrected chi connectivity index (χ2v) is 6.22. The number of ether oxygens (including phenoxy) is 1. The SMILES string of the molecule is CN1C(=C(C#N)C(=O)COC(=O)c2cccc([N+](=O)[O-])c2)N(C)c2ccccc21. The normalized spacial score (nSPS) is 12.2. The zero-order valence-electron chi connectivity index (χ0n) is 15.7. The lowest BCUT2D eigenvalue weighted by Gasteiger charge is -2.19. The van der Waals surface area contributed by atoms with Crippen molar-refractivity contribution in [1.29, 1.82) is 5.26 Å². The smallest absolute Gasteiger partial charge is 0.338 e. The van der Waals surface area contributed by atoms with Gasteiger partial charge >= 0.3 is 5.97 Å². The first-order valence-corrected chi connectivity index (χ1v) is 8.50. The number of ketones is 1. The van der Waals surface area contributed by atoms with Crippen molar-refractivity contribution < 1.29 is 19.2 Å². The van der Waals surface area contributed by atoms with E-state index in [0.717, 1.165) is 17.4 Å². The third-order valence-corrected chi connectivity index (χ3v) is 4.48. The van der Waals surface area contributed by atoms with Gasteiger partial charge in [-0.15, -0.1) is 0 Å². The maximum atomic E-state index is 12.6. The number of nitro benzene ring substituents is 1. The minimum Gasteiger partial charge on any atom is -0.454 e. The largest absolute Gasteiger partial charge is 0.454 e. The maximum Gasteiger partial charge on any atom is 0.338 e. The fourth-order valence-corrected chi connectivity index (χ4v) is 3.09. The molecule has 0 aliphatic carbocycles. The lowest BCUT2D eigenvalue weighted by molar-refractivity contribution is -0.384. The molecule has 1 aliphatic rings. The van der Waals surface area contributed by atoms with E-state index < -0.39 is 23.3 Å². The molecule has 0 N–H and O–H groups in total. The summed E-state index contributed by atoms with van der Waals surface area (Å²) >= 11 is 0. The van der Waals surface area contributed by atoms with Gasteiger partial charge < -0.3 is 14.5 Å². The molecular weight excluding hydrogens is 376 g/mol. The van der Waals surface area contributed by atoms with Crippen LogP contribution in [-0.2, 0) is 9.53 Å². The summed E-state index contributed by atoms with van der Waals surface area (Å²) < 4.78 is 4.98. The number of benzene rings is 2. The molecule has 146 valence electrons. The maximum absolute atomic E-state index is 12.6. The number of rotatable bonds is 5. The van der Waals surface area contributed by atoms with Crippen molar-refractivity contribution in [3.8, 4) is 6.07 Å². The van der Waals surface area contributed by atoms with E-state index in [1.165, 1.54) is 18.2 Å². The van der Waals surface area contributed by atoms with Gasteiger partial charge in [0.1, 0.15) is 17.5 Å². The average molecular weight is 392 g/mol. The van der Waals surface area contributed by atoms with E-state index in [4.69, 9.17) is 4.74 Å². The van der Waals surface area contributed by atoms with Gasteiger partial charge in [0.05, 0.1) is 21.9 Å². The van der Waals surface area contributed by atoms with Crippen LogP contribution in [0.3, 0.4) is 0 Å². The van der Waals surface area contributed by atoms with Crippen LogP contribution in [0, 0.1) is 21.4 Å². The van der Waals surface area contributed by atoms with Crippen LogP contribution < -0.4 is 9.80 Å². The molecule has 0 atom stereocenters. The molecule has 2 aromatic rings. The highest BCUT2D eigenvalue weighted by atomic mass is 16.6. The molecule has 0 spiro atoms. The molecule has 9 nitrogen and oxygen atoms in total. The van der Waals surface area contributed by atoms with Gasteiger partial charge in [-0.2, -0.15) is 5.26 Å². The summed E-state index contributed by atoms with van der Waals surface area (Å²) in [4.78, 5) is 38.4. The zero-order valence-corrected chi connectivity index (χ0v) is 15.7. The minimum absolute atomic E-state index is 0.0549. The van der Waals surface area contributed by atoms with Gasteiger partial charge in [-0.05, 0) is 18.2 Å². The molecular formula is C20H16N4O5. The number of carbonyl (C=O) groups is 2. The Labute approximate surface area is 166 Å². The van der Waals surface area contributed by atoms with Crippen molar-refractivity contribution in [3.05, 3.63) is 75.6 Å². The molecule has 29 heavy (non-hydrogen) atoms. The Bertz CT molecular complexity index is 1060. The fourth-order valence-electron chi connectivity index (χ4n) is 3.09. The summed E-state index contributed by atoms with van der Waals surface area (Å²) in [7, 11) is 3.47. The Hall–Kier alpha value is -4.19. The second kappa shape index (κ2) is 7.82. The topological polar surface area (TPSA) is 117 Å². The first-order valence-electron chi connectivity index (χ1n) is 8.50. The van der Waals surface area contributed by atoms with Crippen molar-refractivity contribution in [1.82, 2.24) is 0 Å². The lowest BCUT2D eigenvalue weighted by Crippen LogP contribution is -2.27. The number of non-ortho nitro benzene ring substituents is 1. The van der Waals surface area contributed by atoms with Crippen LogP contribution in [-0.4, -0.2) is 37.4 Å². The van der Waals surface area contributed by atoms with Crippen molar-refractivity contribution in [2.75, 3.05) is 30.5 Å². The number of para-hydroxylation sites is 2. The van der Waals surface area contributed by atoms with Gasteiger partial charge in [-0.25, -0.2) is 4.79 Å². The number of anilines is 2. The number of carbonyl (C=O) groups excluding carboxylic acids is 2. The van der Waals surface area contributed by atoms with E-state index in [1.807, 2.05) is 30.3 Å². The lowest BCUT2D eigenvalue weighted by atomic mass is 10.1. The summed E-state index contributed by atoms with van der Waals surface area (Å²) in [6.45, 7) is -0.661. The number of fused-ring (bicyclic) bond motifs is 1. The van der Waals surface area contributed by atoms with E-state index in [9.17, 15) is 25.0 Å². The Kier molecular flexibility index (Phi) is 5.27. The monoisotopic (exact) mass is 392 g/mol. The third-order valence-electron chi connectivity index (χ3n) is 4.48. The summed E-state index contributed by atoms with van der Waals surface area (Å²) in [5.41, 5.74) is 1.19. The molecule has 2 aromatic carbocycles. The summed E-state index contributed by atoms with van der Waals surface area (Å²) in [6.07, 6.45) is 0. The van der Waals surface area contributed by atoms with Crippen molar-refractivity contribution >= 4 is 28.8 Å². The third kappa shape index (κ3) is 3.64. The van der Waals surface area contributed by atoms with E-state index >= 15 is 0 Å². The molecule has 0 fully saturated rings. The standard InChI is InChI=1S/C20H16N4O5/c1-22-16-8-3-4-9-17(16)23(2)19(22)15(11-21)18(25)12-29-20(26)13-6-5-7-14(10-13)24(27)28/h3-10H,12H2,1-2H3. The molecule has 0 saturated heterocycles. The van der Waals surface area contributed by atoms with E-state index in [0.29, 0.717) is 5.82 Å². The first-order chi connectivity index (χ1) is 13.8. The first kappa shape index (κ1) is 19.6. The van der Waals surface area contributed by atoms with Gasteiger partial charge in [-0.3, -0.25) is 14.9 Å². The molecule has 0 bridgehead atoms. The van der Waals surface area contributed by atoms with Crippen LogP contribution in [0.5, 0.6) is 0 Å². The minimum atomic E-state index is -0.888. The van der Waals surface area contributed by atoms with E-state index in [2.05, 4.69) is 0 Å². The number of hydrogen-bond acceptors (Lipinski definition) is 8. The van der Waals surface area contributed by atoms with E-state index in [1.54, 1.807) is 23.9 Å². The molecule has 9 heteroatoms. The van der Waals surface area contributed by atoms with Crippen LogP contribution in [0.1, 0.15) is 10.4 Å². The number of esters is 1. The molecule has 0 amide bonds. The number of Topliss-reactive ketones (excluding diaryl/α,β-unsaturated/α-hetero) is 1. The summed E-state index contributed by atoms with van der Waals surface area (Å²) in [5.74, 6) is -1.18. The number of nitro groups is 1. The van der Waals surface area contributed by atoms with Gasteiger partial charge in [-0.1, -0.05) is 18.2 Å². The predicted molar refractivity (Wildman–Crippen MR) is 104 cm³/mol. The van der Waals surface area contributed by atoms with Crippen LogP contribution in [0.25, 0.3) is 0 Å². The Morgan fingerprint density at radius 2 is 1.72 bits per heavy atom. The van der Waals surface area contributed by atoms with E-state index in [-0.39, 0.29) is 16.8 Å². The average Bonchev–Trinajstić information content (AvgIpc) is 2.98. The Morgan fingerprint density at radius 1 is 1.10 bits per heavy atom. The van der Waals surface area contributed by atoms with Gasteiger partial charge in [0.15, 0.2) is 6.61 Å². The second-order valence-electron chi connectivity index (χ2n) is 6.22. The predicted octanol–water partition coefficient (Wildman–Crippen LogP) is 2.64. The quantitative estimate of drug-likeness (QED) is 0.251. The van der Waals surface area contributed by atoms with Crippen LogP contribution in [0.15, 0.2) is 59.9 Å². The van der Waals surface area contributed by atoms with Gasteiger partial charge in [0, 0.05) is 26.2 Å². The Balaban J connectivity index is 1.79.